The van der Waals surface area contributed by atoms with Gasteiger partial charge < -0.3 is 15.2 Å². The molecule has 0 saturated heterocycles. The minimum atomic E-state index is -0.993. The minimum absolute atomic E-state index is 0.344. The number of carbonyl (C=O) groups excluding carboxylic acids is 1. The van der Waals surface area contributed by atoms with E-state index in [9.17, 15) is 9.59 Å². The van der Waals surface area contributed by atoms with E-state index in [0.717, 1.165) is 0 Å². The molecule has 0 aliphatic heterocycles. The fraction of sp³-hybridized carbons (Fsp3) is 0.385. The van der Waals surface area contributed by atoms with E-state index in [1.807, 2.05) is 0 Å². The first-order chi connectivity index (χ1) is 8.86. The molecular weight excluding hydrogens is 314 g/mol. The van der Waals surface area contributed by atoms with Gasteiger partial charge in [-0.3, -0.25) is 9.59 Å². The second-order valence-corrected chi connectivity index (χ2v) is 5.10. The average molecular weight is 330 g/mol. The molecule has 0 heterocycles. The summed E-state index contributed by atoms with van der Waals surface area (Å²) in [4.78, 5) is 22.8. The van der Waals surface area contributed by atoms with Crippen molar-refractivity contribution in [3.8, 4) is 5.75 Å². The normalized spacial score (nSPS) is 13.5. The molecule has 0 bridgehead atoms. The molecule has 1 rings (SSSR count). The van der Waals surface area contributed by atoms with Crippen LogP contribution in [0.1, 0.15) is 13.8 Å². The van der Waals surface area contributed by atoms with E-state index in [4.69, 9.17) is 9.84 Å². The van der Waals surface area contributed by atoms with Crippen LogP contribution in [0.5, 0.6) is 5.75 Å². The number of amides is 1. The number of hydrogen-bond acceptors (Lipinski definition) is 3. The Morgan fingerprint density at radius 1 is 1.32 bits per heavy atom. The monoisotopic (exact) mass is 329 g/mol. The van der Waals surface area contributed by atoms with Crippen molar-refractivity contribution in [3.05, 3.63) is 22.7 Å². The van der Waals surface area contributed by atoms with Crippen LogP contribution < -0.4 is 10.1 Å². The van der Waals surface area contributed by atoms with E-state index in [2.05, 4.69) is 21.2 Å². The lowest BCUT2D eigenvalue weighted by Crippen LogP contribution is -2.30. The molecule has 5 nitrogen and oxygen atoms in total. The van der Waals surface area contributed by atoms with Crippen LogP contribution in [0.4, 0.5) is 5.69 Å². The molecule has 0 radical (unpaired) electrons. The molecule has 1 amide bonds. The maximum absolute atomic E-state index is 12.0. The number of carboxylic acid groups (broad SMARTS) is 1. The predicted molar refractivity (Wildman–Crippen MR) is 75.3 cm³/mol. The maximum Gasteiger partial charge on any atom is 0.307 e. The summed E-state index contributed by atoms with van der Waals surface area (Å²) < 4.78 is 5.78. The van der Waals surface area contributed by atoms with E-state index in [1.54, 1.807) is 25.1 Å². The lowest BCUT2D eigenvalue weighted by Gasteiger charge is -2.16. The van der Waals surface area contributed by atoms with Crippen LogP contribution in [0.15, 0.2) is 22.7 Å². The lowest BCUT2D eigenvalue weighted by molar-refractivity contribution is -0.145. The summed E-state index contributed by atoms with van der Waals surface area (Å²) in [7, 11) is 1.53. The summed E-state index contributed by atoms with van der Waals surface area (Å²) in [5.74, 6) is -2.10. The number of hydrogen-bond donors (Lipinski definition) is 2. The lowest BCUT2D eigenvalue weighted by atomic mass is 9.95. The van der Waals surface area contributed by atoms with Gasteiger partial charge in [-0.2, -0.15) is 0 Å². The first kappa shape index (κ1) is 15.5. The van der Waals surface area contributed by atoms with Gasteiger partial charge in [-0.15, -0.1) is 0 Å². The molecule has 0 aliphatic rings. The first-order valence-corrected chi connectivity index (χ1v) is 6.53. The van der Waals surface area contributed by atoms with Crippen molar-refractivity contribution in [2.75, 3.05) is 12.4 Å². The zero-order valence-corrected chi connectivity index (χ0v) is 12.5. The van der Waals surface area contributed by atoms with E-state index in [0.29, 0.717) is 15.9 Å². The zero-order chi connectivity index (χ0) is 14.6. The Morgan fingerprint density at radius 3 is 2.47 bits per heavy atom. The Morgan fingerprint density at radius 2 is 1.95 bits per heavy atom. The molecule has 2 N–H and O–H groups in total. The van der Waals surface area contributed by atoms with Crippen molar-refractivity contribution >= 4 is 33.5 Å². The summed E-state index contributed by atoms with van der Waals surface area (Å²) >= 11 is 3.32. The highest BCUT2D eigenvalue weighted by Crippen LogP contribution is 2.28. The van der Waals surface area contributed by atoms with Gasteiger partial charge in [0.2, 0.25) is 5.91 Å². The average Bonchev–Trinajstić information content (AvgIpc) is 2.39. The van der Waals surface area contributed by atoms with E-state index in [1.165, 1.54) is 14.0 Å². The van der Waals surface area contributed by atoms with Crippen molar-refractivity contribution < 1.29 is 19.4 Å². The smallest absolute Gasteiger partial charge is 0.307 e. The quantitative estimate of drug-likeness (QED) is 0.870. The molecule has 104 valence electrons. The van der Waals surface area contributed by atoms with Crippen LogP contribution in [-0.4, -0.2) is 24.1 Å². The van der Waals surface area contributed by atoms with Gasteiger partial charge in [0.15, 0.2) is 0 Å². The Balaban J connectivity index is 2.84. The fourth-order valence-electron chi connectivity index (χ4n) is 1.41. The van der Waals surface area contributed by atoms with Gasteiger partial charge in [0, 0.05) is 16.5 Å². The van der Waals surface area contributed by atoms with Crippen LogP contribution in [0, 0.1) is 11.8 Å². The van der Waals surface area contributed by atoms with Gasteiger partial charge in [-0.25, -0.2) is 0 Å². The Labute approximate surface area is 120 Å². The van der Waals surface area contributed by atoms with Gasteiger partial charge in [0.1, 0.15) is 5.75 Å². The summed E-state index contributed by atoms with van der Waals surface area (Å²) in [6.07, 6.45) is 0. The number of ether oxygens (including phenoxy) is 1. The molecule has 1 aromatic rings. The summed E-state index contributed by atoms with van der Waals surface area (Å²) in [6.45, 7) is 3.09. The second kappa shape index (κ2) is 6.56. The van der Waals surface area contributed by atoms with Crippen molar-refractivity contribution in [2.24, 2.45) is 11.8 Å². The largest absolute Gasteiger partial charge is 0.497 e. The molecule has 0 aliphatic carbocycles. The molecule has 0 aromatic heterocycles. The Kier molecular flexibility index (Phi) is 5.35. The Bertz CT molecular complexity index is 490. The van der Waals surface area contributed by atoms with Crippen molar-refractivity contribution in [2.45, 2.75) is 13.8 Å². The van der Waals surface area contributed by atoms with Gasteiger partial charge in [-0.05, 0) is 28.1 Å². The molecule has 1 aromatic carbocycles. The third kappa shape index (κ3) is 3.96. The number of benzene rings is 1. The third-order valence-electron chi connectivity index (χ3n) is 2.98. The first-order valence-electron chi connectivity index (χ1n) is 5.74. The third-order valence-corrected chi connectivity index (χ3v) is 3.68. The van der Waals surface area contributed by atoms with Crippen LogP contribution in [0.25, 0.3) is 0 Å². The van der Waals surface area contributed by atoms with Gasteiger partial charge >= 0.3 is 5.97 Å². The number of anilines is 1. The topological polar surface area (TPSA) is 75.6 Å². The number of carbonyl (C=O) groups is 2. The Hall–Kier alpha value is -1.56. The maximum atomic E-state index is 12.0. The summed E-state index contributed by atoms with van der Waals surface area (Å²) in [5.41, 5.74) is 0.550. The predicted octanol–water partition coefficient (Wildman–Crippen LogP) is 2.75. The minimum Gasteiger partial charge on any atom is -0.497 e. The van der Waals surface area contributed by atoms with Crippen molar-refractivity contribution in [3.63, 3.8) is 0 Å². The van der Waals surface area contributed by atoms with Gasteiger partial charge in [-0.1, -0.05) is 13.8 Å². The van der Waals surface area contributed by atoms with E-state index < -0.39 is 17.8 Å². The standard InChI is InChI=1S/C13H16BrNO4/c1-7(8(2)13(17)18)12(16)15-11-6-9(19-3)4-5-10(11)14/h4-8H,1-3H3,(H,15,16)(H,17,18). The number of carboxylic acids is 1. The molecule has 6 heteroatoms. The highest BCUT2D eigenvalue weighted by molar-refractivity contribution is 9.10. The van der Waals surface area contributed by atoms with Crippen LogP contribution in [-0.2, 0) is 9.59 Å². The molecule has 2 atom stereocenters. The molecule has 0 fully saturated rings. The number of methoxy groups -OCH3 is 1. The van der Waals surface area contributed by atoms with Crippen molar-refractivity contribution in [1.82, 2.24) is 0 Å². The van der Waals surface area contributed by atoms with Gasteiger partial charge in [0.05, 0.1) is 18.7 Å². The number of aliphatic carboxylic acids is 1. The second-order valence-electron chi connectivity index (χ2n) is 4.25. The number of rotatable bonds is 5. The number of nitrogens with one attached hydrogen (secondary N) is 1. The molecule has 0 spiro atoms. The molecule has 0 saturated carbocycles. The van der Waals surface area contributed by atoms with Crippen molar-refractivity contribution in [1.29, 1.82) is 0 Å². The van der Waals surface area contributed by atoms with E-state index >= 15 is 0 Å². The highest BCUT2D eigenvalue weighted by Gasteiger charge is 2.26. The fourth-order valence-corrected chi connectivity index (χ4v) is 1.76. The van der Waals surface area contributed by atoms with Crippen LogP contribution in [0.2, 0.25) is 0 Å². The summed E-state index contributed by atoms with van der Waals surface area (Å²) in [6, 6.07) is 5.17. The van der Waals surface area contributed by atoms with Crippen LogP contribution in [0.3, 0.4) is 0 Å². The number of halogens is 1. The zero-order valence-electron chi connectivity index (χ0n) is 10.9. The van der Waals surface area contributed by atoms with E-state index in [-0.39, 0.29) is 5.91 Å². The molecule has 19 heavy (non-hydrogen) atoms. The summed E-state index contributed by atoms with van der Waals surface area (Å²) in [5, 5.41) is 11.6. The molecular formula is C13H16BrNO4. The van der Waals surface area contributed by atoms with Gasteiger partial charge in [0.25, 0.3) is 0 Å². The van der Waals surface area contributed by atoms with Crippen LogP contribution >= 0.6 is 15.9 Å². The molecule has 2 unspecified atom stereocenters. The highest BCUT2D eigenvalue weighted by atomic mass is 79.9. The SMILES string of the molecule is COc1ccc(Br)c(NC(=O)C(C)C(C)C(=O)O)c1.